The largest absolute Gasteiger partial charge is 0.448 e. The molecule has 3 aromatic rings. The fourth-order valence-corrected chi connectivity index (χ4v) is 3.12. The van der Waals surface area contributed by atoms with Gasteiger partial charge in [-0.1, -0.05) is 11.3 Å². The van der Waals surface area contributed by atoms with Crippen molar-refractivity contribution in [3.63, 3.8) is 0 Å². The Kier molecular flexibility index (Phi) is 4.24. The third kappa shape index (κ3) is 3.22. The maximum Gasteiger partial charge on any atom is 0.272 e. The van der Waals surface area contributed by atoms with E-state index >= 15 is 0 Å². The number of hydrogen-bond acceptors (Lipinski definition) is 6. The topological polar surface area (TPSA) is 89.9 Å². The lowest BCUT2D eigenvalue weighted by Crippen LogP contribution is -2.50. The summed E-state index contributed by atoms with van der Waals surface area (Å²) in [7, 11) is 0. The number of hydrogen-bond donors (Lipinski definition) is 0. The molecule has 0 aromatic carbocycles. The van der Waals surface area contributed by atoms with Gasteiger partial charge in [-0.15, -0.1) is 5.10 Å². The SMILES string of the molecule is Cc1cccc(C(=O)N2CC(CCn3cc(-c4ncoc4C)nn3)C2)n1. The highest BCUT2D eigenvalue weighted by atomic mass is 16.3. The number of aryl methyl sites for hydroxylation is 3. The lowest BCUT2D eigenvalue weighted by Gasteiger charge is -2.39. The average molecular weight is 352 g/mol. The molecular weight excluding hydrogens is 332 g/mol. The molecule has 0 aliphatic carbocycles. The number of carbonyl (C=O) groups is 1. The summed E-state index contributed by atoms with van der Waals surface area (Å²) in [5, 5.41) is 8.30. The predicted molar refractivity (Wildman–Crippen MR) is 93.2 cm³/mol. The fourth-order valence-electron chi connectivity index (χ4n) is 3.12. The van der Waals surface area contributed by atoms with Crippen molar-refractivity contribution < 1.29 is 9.21 Å². The Morgan fingerprint density at radius 1 is 1.31 bits per heavy atom. The molecule has 134 valence electrons. The second-order valence-electron chi connectivity index (χ2n) is 6.65. The first-order valence-corrected chi connectivity index (χ1v) is 8.63. The third-order valence-electron chi connectivity index (χ3n) is 4.64. The van der Waals surface area contributed by atoms with E-state index in [0.717, 1.165) is 43.2 Å². The molecule has 4 heterocycles. The summed E-state index contributed by atoms with van der Waals surface area (Å²) < 4.78 is 7.02. The second kappa shape index (κ2) is 6.70. The van der Waals surface area contributed by atoms with Crippen LogP contribution in [-0.4, -0.2) is 48.9 Å². The molecule has 0 bridgehead atoms. The molecule has 0 unspecified atom stereocenters. The van der Waals surface area contributed by atoms with E-state index in [0.29, 0.717) is 17.3 Å². The Bertz CT molecular complexity index is 925. The van der Waals surface area contributed by atoms with Gasteiger partial charge in [-0.05, 0) is 38.3 Å². The maximum atomic E-state index is 12.4. The van der Waals surface area contributed by atoms with Crippen molar-refractivity contribution in [1.29, 1.82) is 0 Å². The highest BCUT2D eigenvalue weighted by Crippen LogP contribution is 2.23. The second-order valence-corrected chi connectivity index (χ2v) is 6.65. The summed E-state index contributed by atoms with van der Waals surface area (Å²) in [5.41, 5.74) is 2.82. The van der Waals surface area contributed by atoms with Crippen molar-refractivity contribution in [1.82, 2.24) is 29.9 Å². The summed E-state index contributed by atoms with van der Waals surface area (Å²) in [6.45, 7) is 6.03. The van der Waals surface area contributed by atoms with Crippen LogP contribution in [0, 0.1) is 19.8 Å². The number of amides is 1. The summed E-state index contributed by atoms with van der Waals surface area (Å²) in [6.07, 6.45) is 4.24. The first kappa shape index (κ1) is 16.4. The Morgan fingerprint density at radius 2 is 2.15 bits per heavy atom. The van der Waals surface area contributed by atoms with Gasteiger partial charge in [0, 0.05) is 25.3 Å². The molecule has 4 rings (SSSR count). The maximum absolute atomic E-state index is 12.4. The fraction of sp³-hybridized carbons (Fsp3) is 0.389. The van der Waals surface area contributed by atoms with Crippen LogP contribution in [0.2, 0.25) is 0 Å². The van der Waals surface area contributed by atoms with Gasteiger partial charge in [0.05, 0.1) is 6.20 Å². The zero-order valence-corrected chi connectivity index (χ0v) is 14.8. The van der Waals surface area contributed by atoms with E-state index in [2.05, 4.69) is 20.3 Å². The van der Waals surface area contributed by atoms with Crippen LogP contribution in [0.4, 0.5) is 0 Å². The minimum Gasteiger partial charge on any atom is -0.448 e. The molecule has 1 aliphatic heterocycles. The van der Waals surface area contributed by atoms with E-state index in [4.69, 9.17) is 4.42 Å². The van der Waals surface area contributed by atoms with Gasteiger partial charge in [0.25, 0.3) is 5.91 Å². The zero-order chi connectivity index (χ0) is 18.1. The van der Waals surface area contributed by atoms with Gasteiger partial charge in [0.15, 0.2) is 6.39 Å². The Labute approximate surface area is 150 Å². The van der Waals surface area contributed by atoms with Crippen molar-refractivity contribution in [3.05, 3.63) is 47.9 Å². The molecule has 1 aliphatic rings. The summed E-state index contributed by atoms with van der Waals surface area (Å²) in [4.78, 5) is 22.7. The number of rotatable bonds is 5. The molecule has 3 aromatic heterocycles. The molecule has 8 nitrogen and oxygen atoms in total. The van der Waals surface area contributed by atoms with Gasteiger partial charge < -0.3 is 9.32 Å². The van der Waals surface area contributed by atoms with Crippen LogP contribution in [0.15, 0.2) is 35.2 Å². The average Bonchev–Trinajstić information content (AvgIpc) is 3.21. The van der Waals surface area contributed by atoms with Crippen molar-refractivity contribution in [2.75, 3.05) is 13.1 Å². The Balaban J connectivity index is 1.28. The van der Waals surface area contributed by atoms with Crippen molar-refractivity contribution in [2.45, 2.75) is 26.8 Å². The van der Waals surface area contributed by atoms with E-state index in [9.17, 15) is 4.79 Å². The van der Waals surface area contributed by atoms with E-state index in [1.807, 2.05) is 41.8 Å². The molecule has 1 saturated heterocycles. The van der Waals surface area contributed by atoms with E-state index in [1.54, 1.807) is 6.07 Å². The minimum absolute atomic E-state index is 0.00880. The number of aromatic nitrogens is 5. The van der Waals surface area contributed by atoms with Crippen LogP contribution >= 0.6 is 0 Å². The van der Waals surface area contributed by atoms with Gasteiger partial charge >= 0.3 is 0 Å². The number of likely N-dealkylation sites (tertiary alicyclic amines) is 1. The number of carbonyl (C=O) groups excluding carboxylic acids is 1. The summed E-state index contributed by atoms with van der Waals surface area (Å²) in [5.74, 6) is 1.22. The quantitative estimate of drug-likeness (QED) is 0.698. The standard InChI is InChI=1S/C18H20N6O2/c1-12-4-3-5-15(20-12)18(25)23-8-14(9-23)6-7-24-10-16(21-22-24)17-13(2)26-11-19-17/h3-5,10-11,14H,6-9H2,1-2H3. The summed E-state index contributed by atoms with van der Waals surface area (Å²) >= 11 is 0. The highest BCUT2D eigenvalue weighted by molar-refractivity contribution is 5.92. The molecular formula is C18H20N6O2. The third-order valence-corrected chi connectivity index (χ3v) is 4.64. The molecule has 0 atom stereocenters. The van der Waals surface area contributed by atoms with Crippen LogP contribution in [0.5, 0.6) is 0 Å². The van der Waals surface area contributed by atoms with Gasteiger partial charge in [-0.25, -0.2) is 9.97 Å². The summed E-state index contributed by atoms with van der Waals surface area (Å²) in [6, 6.07) is 5.53. The molecule has 1 amide bonds. The predicted octanol–water partition coefficient (Wildman–Crippen LogP) is 2.11. The van der Waals surface area contributed by atoms with Gasteiger partial charge in [0.1, 0.15) is 22.8 Å². The van der Waals surface area contributed by atoms with E-state index < -0.39 is 0 Å². The molecule has 0 spiro atoms. The minimum atomic E-state index is 0.00880. The zero-order valence-electron chi connectivity index (χ0n) is 14.8. The first-order chi connectivity index (χ1) is 12.6. The van der Waals surface area contributed by atoms with Crippen molar-refractivity contribution in [3.8, 4) is 11.4 Å². The Morgan fingerprint density at radius 3 is 2.88 bits per heavy atom. The van der Waals surface area contributed by atoms with Gasteiger partial charge in [-0.3, -0.25) is 9.48 Å². The van der Waals surface area contributed by atoms with Crippen LogP contribution in [0.1, 0.15) is 28.4 Å². The van der Waals surface area contributed by atoms with Gasteiger partial charge in [-0.2, -0.15) is 0 Å². The number of nitrogens with zero attached hydrogens (tertiary/aromatic N) is 6. The lowest BCUT2D eigenvalue weighted by molar-refractivity contribution is 0.0469. The Hall–Kier alpha value is -3.03. The first-order valence-electron chi connectivity index (χ1n) is 8.63. The molecule has 0 radical (unpaired) electrons. The van der Waals surface area contributed by atoms with Crippen molar-refractivity contribution in [2.24, 2.45) is 5.92 Å². The molecule has 8 heteroatoms. The number of pyridine rings is 1. The van der Waals surface area contributed by atoms with Crippen molar-refractivity contribution >= 4 is 5.91 Å². The van der Waals surface area contributed by atoms with E-state index in [1.165, 1.54) is 6.39 Å². The van der Waals surface area contributed by atoms with Crippen LogP contribution in [-0.2, 0) is 6.54 Å². The number of oxazole rings is 1. The van der Waals surface area contributed by atoms with Crippen LogP contribution < -0.4 is 0 Å². The molecule has 1 fully saturated rings. The van der Waals surface area contributed by atoms with Crippen LogP contribution in [0.3, 0.4) is 0 Å². The van der Waals surface area contributed by atoms with E-state index in [-0.39, 0.29) is 5.91 Å². The lowest BCUT2D eigenvalue weighted by atomic mass is 9.96. The smallest absolute Gasteiger partial charge is 0.272 e. The van der Waals surface area contributed by atoms with Gasteiger partial charge in [0.2, 0.25) is 0 Å². The monoisotopic (exact) mass is 352 g/mol. The van der Waals surface area contributed by atoms with Crippen LogP contribution in [0.25, 0.3) is 11.4 Å². The normalized spacial score (nSPS) is 14.5. The molecule has 0 N–H and O–H groups in total. The molecule has 0 saturated carbocycles. The molecule has 26 heavy (non-hydrogen) atoms. The highest BCUT2D eigenvalue weighted by Gasteiger charge is 2.31.